The van der Waals surface area contributed by atoms with E-state index in [4.69, 9.17) is 5.26 Å². The first-order valence-electron chi connectivity index (χ1n) is 8.08. The van der Waals surface area contributed by atoms with Gasteiger partial charge in [-0.25, -0.2) is 9.67 Å². The highest BCUT2D eigenvalue weighted by Gasteiger charge is 2.21. The Balaban J connectivity index is 2.09. The first kappa shape index (κ1) is 17.3. The van der Waals surface area contributed by atoms with E-state index in [2.05, 4.69) is 20.4 Å². The molecule has 7 nitrogen and oxygen atoms in total. The molecule has 3 aromatic heterocycles. The van der Waals surface area contributed by atoms with Gasteiger partial charge in [-0.3, -0.25) is 9.78 Å². The zero-order valence-corrected chi connectivity index (χ0v) is 14.8. The molecule has 7 heteroatoms. The molecule has 0 saturated carbocycles. The predicted molar refractivity (Wildman–Crippen MR) is 96.5 cm³/mol. The van der Waals surface area contributed by atoms with Gasteiger partial charge in [0.25, 0.3) is 5.91 Å². The molecule has 1 amide bonds. The third-order valence-corrected chi connectivity index (χ3v) is 3.45. The molecule has 0 aromatic carbocycles. The van der Waals surface area contributed by atoms with Crippen LogP contribution in [0.4, 0.5) is 0 Å². The Bertz CT molecular complexity index is 962. The van der Waals surface area contributed by atoms with Crippen LogP contribution in [0.15, 0.2) is 48.8 Å². The van der Waals surface area contributed by atoms with Crippen molar-refractivity contribution < 1.29 is 4.79 Å². The second kappa shape index (κ2) is 6.76. The van der Waals surface area contributed by atoms with Gasteiger partial charge in [-0.1, -0.05) is 6.07 Å². The molecule has 0 fully saturated rings. The lowest BCUT2D eigenvalue weighted by Crippen LogP contribution is -2.40. The molecule has 0 bridgehead atoms. The number of amides is 1. The molecule has 3 heterocycles. The number of nitrogens with one attached hydrogen (secondary N) is 1. The molecule has 26 heavy (non-hydrogen) atoms. The molecule has 0 saturated heterocycles. The maximum absolute atomic E-state index is 12.5. The van der Waals surface area contributed by atoms with Crippen molar-refractivity contribution in [2.75, 3.05) is 0 Å². The van der Waals surface area contributed by atoms with Crippen LogP contribution in [0.1, 0.15) is 36.8 Å². The molecule has 0 atom stereocenters. The monoisotopic (exact) mass is 346 g/mol. The van der Waals surface area contributed by atoms with Gasteiger partial charge in [-0.15, -0.1) is 0 Å². The largest absolute Gasteiger partial charge is 0.346 e. The number of aromatic nitrogens is 4. The van der Waals surface area contributed by atoms with Crippen LogP contribution in [0, 0.1) is 11.3 Å². The van der Waals surface area contributed by atoms with Crippen molar-refractivity contribution in [1.82, 2.24) is 25.1 Å². The second-order valence-corrected chi connectivity index (χ2v) is 6.76. The minimum Gasteiger partial charge on any atom is -0.346 e. The Kier molecular flexibility index (Phi) is 4.50. The number of carbonyl (C=O) groups is 1. The molecule has 0 aliphatic carbocycles. The number of hydrogen-bond acceptors (Lipinski definition) is 5. The minimum absolute atomic E-state index is 0.270. The third kappa shape index (κ3) is 3.75. The van der Waals surface area contributed by atoms with Gasteiger partial charge < -0.3 is 5.32 Å². The Hall–Kier alpha value is -3.53. The normalized spacial score (nSPS) is 11.0. The van der Waals surface area contributed by atoms with Crippen LogP contribution in [-0.4, -0.2) is 31.2 Å². The first-order chi connectivity index (χ1) is 12.4. The molecular weight excluding hydrogens is 328 g/mol. The van der Waals surface area contributed by atoms with E-state index >= 15 is 0 Å². The average molecular weight is 346 g/mol. The van der Waals surface area contributed by atoms with E-state index in [0.717, 1.165) is 0 Å². The van der Waals surface area contributed by atoms with Gasteiger partial charge in [0.1, 0.15) is 6.07 Å². The standard InChI is InChI=1S/C19H18N6O/c1-19(2,3)23-18(26)15-10-16(14-8-7-13(11-20)12-22-14)25(24-15)17-6-4-5-9-21-17/h4-10,12H,1-3H3,(H,23,26). The Morgan fingerprint density at radius 3 is 2.58 bits per heavy atom. The fourth-order valence-corrected chi connectivity index (χ4v) is 2.34. The van der Waals surface area contributed by atoms with Gasteiger partial charge in [0.15, 0.2) is 11.5 Å². The molecule has 3 aromatic rings. The van der Waals surface area contributed by atoms with E-state index in [-0.39, 0.29) is 17.1 Å². The van der Waals surface area contributed by atoms with E-state index in [1.807, 2.05) is 32.9 Å². The highest BCUT2D eigenvalue weighted by atomic mass is 16.2. The van der Waals surface area contributed by atoms with E-state index < -0.39 is 0 Å². The summed E-state index contributed by atoms with van der Waals surface area (Å²) >= 11 is 0. The lowest BCUT2D eigenvalue weighted by molar-refractivity contribution is 0.0914. The Morgan fingerprint density at radius 2 is 2.00 bits per heavy atom. The van der Waals surface area contributed by atoms with Gasteiger partial charge >= 0.3 is 0 Å². The summed E-state index contributed by atoms with van der Waals surface area (Å²) in [5.41, 5.74) is 1.57. The van der Waals surface area contributed by atoms with Crippen molar-refractivity contribution in [3.8, 4) is 23.3 Å². The minimum atomic E-state index is -0.376. The van der Waals surface area contributed by atoms with E-state index in [9.17, 15) is 4.79 Å². The van der Waals surface area contributed by atoms with E-state index in [1.165, 1.54) is 6.20 Å². The van der Waals surface area contributed by atoms with Crippen LogP contribution in [0.2, 0.25) is 0 Å². The summed E-state index contributed by atoms with van der Waals surface area (Å²) in [5.74, 6) is 0.297. The summed E-state index contributed by atoms with van der Waals surface area (Å²) < 4.78 is 1.58. The molecule has 0 aliphatic rings. The first-order valence-corrected chi connectivity index (χ1v) is 8.08. The zero-order valence-electron chi connectivity index (χ0n) is 14.8. The smallest absolute Gasteiger partial charge is 0.272 e. The maximum atomic E-state index is 12.5. The van der Waals surface area contributed by atoms with E-state index in [0.29, 0.717) is 22.8 Å². The van der Waals surface area contributed by atoms with Crippen LogP contribution in [0.5, 0.6) is 0 Å². The molecular formula is C19H18N6O. The lowest BCUT2D eigenvalue weighted by Gasteiger charge is -2.19. The average Bonchev–Trinajstić information content (AvgIpc) is 3.07. The molecule has 1 N–H and O–H groups in total. The van der Waals surface area contributed by atoms with Gasteiger partial charge in [-0.05, 0) is 51.1 Å². The summed E-state index contributed by atoms with van der Waals surface area (Å²) in [6.45, 7) is 5.72. The highest BCUT2D eigenvalue weighted by Crippen LogP contribution is 2.22. The quantitative estimate of drug-likeness (QED) is 0.786. The van der Waals surface area contributed by atoms with Crippen LogP contribution < -0.4 is 5.32 Å². The molecule has 130 valence electrons. The third-order valence-electron chi connectivity index (χ3n) is 3.45. The van der Waals surface area contributed by atoms with Gasteiger partial charge in [0.2, 0.25) is 0 Å². The number of nitrogens with zero attached hydrogens (tertiary/aromatic N) is 5. The van der Waals surface area contributed by atoms with Gasteiger partial charge in [-0.2, -0.15) is 10.4 Å². The fourth-order valence-electron chi connectivity index (χ4n) is 2.34. The second-order valence-electron chi connectivity index (χ2n) is 6.76. The topological polar surface area (TPSA) is 96.5 Å². The van der Waals surface area contributed by atoms with Crippen LogP contribution in [0.3, 0.4) is 0 Å². The molecule has 0 unspecified atom stereocenters. The zero-order chi connectivity index (χ0) is 18.7. The van der Waals surface area contributed by atoms with Crippen LogP contribution >= 0.6 is 0 Å². The molecule has 3 rings (SSSR count). The van der Waals surface area contributed by atoms with Crippen molar-refractivity contribution in [2.24, 2.45) is 0 Å². The van der Waals surface area contributed by atoms with Crippen molar-refractivity contribution in [1.29, 1.82) is 5.26 Å². The van der Waals surface area contributed by atoms with Crippen LogP contribution in [-0.2, 0) is 0 Å². The number of pyridine rings is 2. The lowest BCUT2D eigenvalue weighted by atomic mass is 10.1. The Labute approximate surface area is 151 Å². The predicted octanol–water partition coefficient (Wildman–Crippen LogP) is 2.73. The van der Waals surface area contributed by atoms with Crippen LogP contribution in [0.25, 0.3) is 17.2 Å². The van der Waals surface area contributed by atoms with E-state index in [1.54, 1.807) is 41.2 Å². The SMILES string of the molecule is CC(C)(C)NC(=O)c1cc(-c2ccc(C#N)cn2)n(-c2ccccn2)n1. The highest BCUT2D eigenvalue weighted by molar-refractivity contribution is 5.93. The van der Waals surface area contributed by atoms with Crippen molar-refractivity contribution >= 4 is 5.91 Å². The summed E-state index contributed by atoms with van der Waals surface area (Å²) in [6.07, 6.45) is 3.14. The maximum Gasteiger partial charge on any atom is 0.272 e. The fraction of sp³-hybridized carbons (Fsp3) is 0.211. The molecule has 0 aliphatic heterocycles. The number of rotatable bonds is 3. The van der Waals surface area contributed by atoms with Crippen molar-refractivity contribution in [2.45, 2.75) is 26.3 Å². The number of carbonyl (C=O) groups excluding carboxylic acids is 1. The number of nitriles is 1. The molecule has 0 radical (unpaired) electrons. The van der Waals surface area contributed by atoms with Crippen molar-refractivity contribution in [3.05, 3.63) is 60.0 Å². The Morgan fingerprint density at radius 1 is 1.19 bits per heavy atom. The summed E-state index contributed by atoms with van der Waals surface area (Å²) in [4.78, 5) is 21.1. The summed E-state index contributed by atoms with van der Waals surface area (Å²) in [6, 6.07) is 12.6. The summed E-state index contributed by atoms with van der Waals surface area (Å²) in [7, 11) is 0. The number of hydrogen-bond donors (Lipinski definition) is 1. The van der Waals surface area contributed by atoms with Gasteiger partial charge in [0, 0.05) is 17.9 Å². The van der Waals surface area contributed by atoms with Crippen molar-refractivity contribution in [3.63, 3.8) is 0 Å². The van der Waals surface area contributed by atoms with Gasteiger partial charge in [0.05, 0.1) is 17.0 Å². The molecule has 0 spiro atoms. The summed E-state index contributed by atoms with van der Waals surface area (Å²) in [5, 5.41) is 16.3.